The molecule has 21 heavy (non-hydrogen) atoms. The number of hydrogen-bond donors (Lipinski definition) is 0. The van der Waals surface area contributed by atoms with E-state index in [2.05, 4.69) is 4.98 Å². The molecular weight excluding hydrogens is 316 g/mol. The van der Waals surface area contributed by atoms with E-state index < -0.39 is 19.9 Å². The highest BCUT2D eigenvalue weighted by molar-refractivity contribution is 7.93. The fraction of sp³-hybridized carbons (Fsp3) is 0.583. The van der Waals surface area contributed by atoms with Crippen LogP contribution in [0.4, 0.5) is 0 Å². The summed E-state index contributed by atoms with van der Waals surface area (Å²) in [6.07, 6.45) is 4.57. The number of ether oxygens (including phenoxy) is 1. The first-order chi connectivity index (χ1) is 9.76. The molecule has 2 rings (SSSR count). The zero-order valence-electron chi connectivity index (χ0n) is 11.7. The number of sulfone groups is 1. The van der Waals surface area contributed by atoms with Crippen molar-refractivity contribution in [3.63, 3.8) is 0 Å². The molecule has 2 heterocycles. The van der Waals surface area contributed by atoms with Gasteiger partial charge in [0, 0.05) is 19.0 Å². The van der Waals surface area contributed by atoms with Crippen LogP contribution in [0.3, 0.4) is 0 Å². The van der Waals surface area contributed by atoms with E-state index in [0.29, 0.717) is 18.7 Å². The molecule has 7 nitrogen and oxygen atoms in total. The maximum absolute atomic E-state index is 12.1. The smallest absolute Gasteiger partial charge is 0.215 e. The minimum atomic E-state index is -3.56. The topological polar surface area (TPSA) is 93.6 Å². The Hall–Kier alpha value is -1.19. The summed E-state index contributed by atoms with van der Waals surface area (Å²) in [5.41, 5.74) is 0. The van der Waals surface area contributed by atoms with Crippen LogP contribution in [0.1, 0.15) is 6.42 Å². The normalized spacial score (nSPS) is 20.5. The number of pyridine rings is 1. The second-order valence-electron chi connectivity index (χ2n) is 5.02. The number of hydrogen-bond acceptors (Lipinski definition) is 6. The molecule has 0 bridgehead atoms. The summed E-state index contributed by atoms with van der Waals surface area (Å²) in [6, 6.07) is 3.50. The predicted octanol–water partition coefficient (Wildman–Crippen LogP) is -0.0909. The highest BCUT2D eigenvalue weighted by Crippen LogP contribution is 2.19. The van der Waals surface area contributed by atoms with Crippen molar-refractivity contribution in [2.75, 3.05) is 30.9 Å². The van der Waals surface area contributed by atoms with Gasteiger partial charge in [-0.15, -0.1) is 0 Å². The summed E-state index contributed by atoms with van der Waals surface area (Å²) in [5, 5.41) is 0. The summed E-state index contributed by atoms with van der Waals surface area (Å²) in [7, 11) is -6.85. The lowest BCUT2D eigenvalue weighted by Crippen LogP contribution is -2.34. The quantitative estimate of drug-likeness (QED) is 0.722. The van der Waals surface area contributed by atoms with E-state index in [1.807, 2.05) is 0 Å². The fourth-order valence-corrected chi connectivity index (χ4v) is 5.13. The fourth-order valence-electron chi connectivity index (χ4n) is 2.04. The Labute approximate surface area is 124 Å². The highest BCUT2D eigenvalue weighted by Gasteiger charge is 2.32. The van der Waals surface area contributed by atoms with Gasteiger partial charge in [-0.3, -0.25) is 4.98 Å². The van der Waals surface area contributed by atoms with Crippen LogP contribution in [-0.2, 0) is 19.9 Å². The summed E-state index contributed by atoms with van der Waals surface area (Å²) >= 11 is 0. The molecule has 1 aromatic rings. The van der Waals surface area contributed by atoms with Crippen LogP contribution in [0.25, 0.3) is 0 Å². The van der Waals surface area contributed by atoms with Crippen molar-refractivity contribution in [3.8, 4) is 5.75 Å². The third-order valence-corrected chi connectivity index (χ3v) is 6.19. The van der Waals surface area contributed by atoms with E-state index >= 15 is 0 Å². The van der Waals surface area contributed by atoms with Crippen LogP contribution >= 0.6 is 0 Å². The SMILES string of the molecule is CS(=O)(=O)CCS(=O)(=O)N1CC[C@@H](Oc2cccnc2)C1. The van der Waals surface area contributed by atoms with E-state index in [0.717, 1.165) is 6.26 Å². The molecule has 1 atom stereocenters. The van der Waals surface area contributed by atoms with Gasteiger partial charge in [-0.25, -0.2) is 16.8 Å². The first-order valence-electron chi connectivity index (χ1n) is 6.48. The van der Waals surface area contributed by atoms with Gasteiger partial charge in [0.05, 0.1) is 24.2 Å². The van der Waals surface area contributed by atoms with Gasteiger partial charge in [0.25, 0.3) is 0 Å². The lowest BCUT2D eigenvalue weighted by atomic mass is 10.3. The van der Waals surface area contributed by atoms with Crippen molar-refractivity contribution in [3.05, 3.63) is 24.5 Å². The second-order valence-corrected chi connectivity index (χ2v) is 9.37. The van der Waals surface area contributed by atoms with Gasteiger partial charge in [0.1, 0.15) is 21.7 Å². The van der Waals surface area contributed by atoms with E-state index in [-0.39, 0.29) is 24.2 Å². The molecule has 0 aromatic carbocycles. The second kappa shape index (κ2) is 6.29. The third-order valence-electron chi connectivity index (χ3n) is 3.15. The van der Waals surface area contributed by atoms with Crippen LogP contribution in [0.5, 0.6) is 5.75 Å². The molecule has 1 aliphatic rings. The first-order valence-corrected chi connectivity index (χ1v) is 10.2. The molecule has 0 aliphatic carbocycles. The molecule has 1 fully saturated rings. The van der Waals surface area contributed by atoms with Gasteiger partial charge in [0.2, 0.25) is 10.0 Å². The monoisotopic (exact) mass is 334 g/mol. The maximum Gasteiger partial charge on any atom is 0.215 e. The number of sulfonamides is 1. The Kier molecular flexibility index (Phi) is 4.84. The Bertz CT molecular complexity index is 673. The van der Waals surface area contributed by atoms with E-state index in [1.165, 1.54) is 4.31 Å². The lowest BCUT2D eigenvalue weighted by Gasteiger charge is -2.16. The van der Waals surface area contributed by atoms with Crippen molar-refractivity contribution >= 4 is 19.9 Å². The number of rotatable bonds is 6. The molecule has 9 heteroatoms. The Morgan fingerprint density at radius 1 is 1.33 bits per heavy atom. The average molecular weight is 334 g/mol. The largest absolute Gasteiger partial charge is 0.487 e. The van der Waals surface area contributed by atoms with Gasteiger partial charge in [-0.2, -0.15) is 4.31 Å². The van der Waals surface area contributed by atoms with Crippen molar-refractivity contribution in [2.24, 2.45) is 0 Å². The van der Waals surface area contributed by atoms with Gasteiger partial charge in [-0.1, -0.05) is 0 Å². The van der Waals surface area contributed by atoms with Crippen molar-refractivity contribution < 1.29 is 21.6 Å². The van der Waals surface area contributed by atoms with Crippen LogP contribution in [0.2, 0.25) is 0 Å². The highest BCUT2D eigenvalue weighted by atomic mass is 32.2. The van der Waals surface area contributed by atoms with E-state index in [4.69, 9.17) is 4.74 Å². The standard InChI is InChI=1S/C12H18N2O5S2/c1-20(15,16)7-8-21(17,18)14-6-4-12(10-14)19-11-3-2-5-13-9-11/h2-3,5,9,12H,4,6-8,10H2,1H3/t12-/m1/s1. The van der Waals surface area contributed by atoms with Crippen LogP contribution in [0.15, 0.2) is 24.5 Å². The lowest BCUT2D eigenvalue weighted by molar-refractivity contribution is 0.215. The minimum Gasteiger partial charge on any atom is -0.487 e. The summed E-state index contributed by atoms with van der Waals surface area (Å²) in [6.45, 7) is 0.581. The third kappa shape index (κ3) is 4.94. The van der Waals surface area contributed by atoms with E-state index in [1.54, 1.807) is 24.5 Å². The van der Waals surface area contributed by atoms with Crippen LogP contribution in [0, 0.1) is 0 Å². The molecule has 1 saturated heterocycles. The molecule has 0 unspecified atom stereocenters. The molecule has 118 valence electrons. The van der Waals surface area contributed by atoms with Crippen LogP contribution < -0.4 is 4.74 Å². The van der Waals surface area contributed by atoms with Crippen molar-refractivity contribution in [1.82, 2.24) is 9.29 Å². The van der Waals surface area contributed by atoms with E-state index in [9.17, 15) is 16.8 Å². The first kappa shape index (κ1) is 16.2. The van der Waals surface area contributed by atoms with Gasteiger partial charge < -0.3 is 4.74 Å². The minimum absolute atomic E-state index is 0.234. The zero-order valence-corrected chi connectivity index (χ0v) is 13.3. The maximum atomic E-state index is 12.1. The summed E-state index contributed by atoms with van der Waals surface area (Å²) in [4.78, 5) is 3.93. The number of nitrogens with zero attached hydrogens (tertiary/aromatic N) is 2. The molecule has 0 saturated carbocycles. The molecule has 1 aliphatic heterocycles. The molecule has 0 spiro atoms. The predicted molar refractivity (Wildman–Crippen MR) is 78.3 cm³/mol. The molecule has 0 N–H and O–H groups in total. The Morgan fingerprint density at radius 3 is 2.71 bits per heavy atom. The average Bonchev–Trinajstić information content (AvgIpc) is 2.86. The van der Waals surface area contributed by atoms with Crippen molar-refractivity contribution in [2.45, 2.75) is 12.5 Å². The van der Waals surface area contributed by atoms with Gasteiger partial charge >= 0.3 is 0 Å². The number of aromatic nitrogens is 1. The molecule has 0 amide bonds. The molecule has 1 aromatic heterocycles. The summed E-state index contributed by atoms with van der Waals surface area (Å²) < 4.78 is 53.3. The molecule has 0 radical (unpaired) electrons. The molecular formula is C12H18N2O5S2. The van der Waals surface area contributed by atoms with Crippen LogP contribution in [-0.4, -0.2) is 63.1 Å². The Morgan fingerprint density at radius 2 is 2.10 bits per heavy atom. The van der Waals surface area contributed by atoms with Gasteiger partial charge in [0.15, 0.2) is 0 Å². The summed E-state index contributed by atoms with van der Waals surface area (Å²) in [5.74, 6) is -0.149. The Balaban J connectivity index is 1.92. The van der Waals surface area contributed by atoms with Crippen molar-refractivity contribution in [1.29, 1.82) is 0 Å². The van der Waals surface area contributed by atoms with Gasteiger partial charge in [-0.05, 0) is 18.6 Å². The zero-order chi connectivity index (χ0) is 15.5.